The van der Waals surface area contributed by atoms with Crippen LogP contribution in [0.25, 0.3) is 0 Å². The van der Waals surface area contributed by atoms with Gasteiger partial charge in [0.1, 0.15) is 5.78 Å². The molecule has 0 fully saturated rings. The van der Waals surface area contributed by atoms with Crippen molar-refractivity contribution in [2.24, 2.45) is 5.92 Å². The van der Waals surface area contributed by atoms with E-state index in [1.54, 1.807) is 6.92 Å². The smallest absolute Gasteiger partial charge is 0.129 e. The number of Topliss-reactive ketones (excluding diaryl/α,β-unsaturated/α-hetero) is 1. The van der Waals surface area contributed by atoms with E-state index in [0.29, 0.717) is 18.8 Å². The van der Waals surface area contributed by atoms with Gasteiger partial charge in [0.15, 0.2) is 0 Å². The molecule has 0 saturated heterocycles. The number of ketones is 1. The standard InChI is InChI=1S/C15H22O2/c1-12(9-10-13(2)16)11-15(3,17)14-7-5-4-6-8-14/h4-8,12,17H,9-11H2,1-3H3/t12-,15?/m0/s1. The molecule has 0 aliphatic rings. The summed E-state index contributed by atoms with van der Waals surface area (Å²) in [6.45, 7) is 5.54. The highest BCUT2D eigenvalue weighted by molar-refractivity contribution is 5.75. The third-order valence-corrected chi connectivity index (χ3v) is 3.13. The Labute approximate surface area is 104 Å². The van der Waals surface area contributed by atoms with Crippen LogP contribution in [-0.4, -0.2) is 10.9 Å². The van der Waals surface area contributed by atoms with Gasteiger partial charge in [0.2, 0.25) is 0 Å². The van der Waals surface area contributed by atoms with E-state index >= 15 is 0 Å². The highest BCUT2D eigenvalue weighted by Crippen LogP contribution is 2.29. The normalized spacial score (nSPS) is 16.2. The molecular formula is C15H22O2. The van der Waals surface area contributed by atoms with Gasteiger partial charge in [0.05, 0.1) is 5.60 Å². The van der Waals surface area contributed by atoms with Crippen molar-refractivity contribution in [2.45, 2.75) is 45.6 Å². The third-order valence-electron chi connectivity index (χ3n) is 3.13. The third kappa shape index (κ3) is 4.70. The lowest BCUT2D eigenvalue weighted by atomic mass is 9.85. The van der Waals surface area contributed by atoms with Crippen LogP contribution < -0.4 is 0 Å². The van der Waals surface area contributed by atoms with Gasteiger partial charge in [-0.2, -0.15) is 0 Å². The monoisotopic (exact) mass is 234 g/mol. The van der Waals surface area contributed by atoms with Crippen LogP contribution in [-0.2, 0) is 10.4 Å². The van der Waals surface area contributed by atoms with E-state index in [-0.39, 0.29) is 5.78 Å². The first kappa shape index (κ1) is 13.9. The van der Waals surface area contributed by atoms with Crippen LogP contribution in [0.15, 0.2) is 30.3 Å². The molecular weight excluding hydrogens is 212 g/mol. The van der Waals surface area contributed by atoms with E-state index in [1.807, 2.05) is 37.3 Å². The second-order valence-electron chi connectivity index (χ2n) is 5.19. The average molecular weight is 234 g/mol. The van der Waals surface area contributed by atoms with Gasteiger partial charge in [-0.05, 0) is 38.2 Å². The van der Waals surface area contributed by atoms with Crippen molar-refractivity contribution in [2.75, 3.05) is 0 Å². The highest BCUT2D eigenvalue weighted by Gasteiger charge is 2.25. The molecule has 0 amide bonds. The molecule has 1 rings (SSSR count). The SMILES string of the molecule is CC(=O)CC[C@H](C)CC(C)(O)c1ccccc1. The van der Waals surface area contributed by atoms with Crippen molar-refractivity contribution in [3.63, 3.8) is 0 Å². The molecule has 94 valence electrons. The molecule has 17 heavy (non-hydrogen) atoms. The molecule has 2 heteroatoms. The van der Waals surface area contributed by atoms with Crippen LogP contribution >= 0.6 is 0 Å². The van der Waals surface area contributed by atoms with Crippen molar-refractivity contribution in [3.8, 4) is 0 Å². The van der Waals surface area contributed by atoms with Crippen molar-refractivity contribution in [3.05, 3.63) is 35.9 Å². The lowest BCUT2D eigenvalue weighted by Crippen LogP contribution is -2.24. The Balaban J connectivity index is 2.57. The number of aliphatic hydroxyl groups is 1. The number of carbonyl (C=O) groups excluding carboxylic acids is 1. The molecule has 0 heterocycles. The minimum atomic E-state index is -0.808. The van der Waals surface area contributed by atoms with Crippen LogP contribution in [0.2, 0.25) is 0 Å². The van der Waals surface area contributed by atoms with E-state index < -0.39 is 5.60 Å². The number of hydrogen-bond acceptors (Lipinski definition) is 2. The highest BCUT2D eigenvalue weighted by atomic mass is 16.3. The summed E-state index contributed by atoms with van der Waals surface area (Å²) < 4.78 is 0. The van der Waals surface area contributed by atoms with Gasteiger partial charge in [-0.15, -0.1) is 0 Å². The van der Waals surface area contributed by atoms with Gasteiger partial charge in [0, 0.05) is 6.42 Å². The Hall–Kier alpha value is -1.15. The number of rotatable bonds is 6. The topological polar surface area (TPSA) is 37.3 Å². The summed E-state index contributed by atoms with van der Waals surface area (Å²) in [5.74, 6) is 0.560. The summed E-state index contributed by atoms with van der Waals surface area (Å²) in [4.78, 5) is 10.9. The van der Waals surface area contributed by atoms with Crippen LogP contribution in [0, 0.1) is 5.92 Å². The van der Waals surface area contributed by atoms with Crippen LogP contribution in [0.1, 0.15) is 45.6 Å². The lowest BCUT2D eigenvalue weighted by Gasteiger charge is -2.27. The lowest BCUT2D eigenvalue weighted by molar-refractivity contribution is -0.117. The molecule has 0 spiro atoms. The quantitative estimate of drug-likeness (QED) is 0.820. The van der Waals surface area contributed by atoms with E-state index in [1.165, 1.54) is 0 Å². The maximum atomic E-state index is 10.9. The first-order chi connectivity index (χ1) is 7.92. The van der Waals surface area contributed by atoms with Crippen LogP contribution in [0.5, 0.6) is 0 Å². The molecule has 1 unspecified atom stereocenters. The summed E-state index contributed by atoms with van der Waals surface area (Å²) >= 11 is 0. The number of benzene rings is 1. The molecule has 0 aliphatic heterocycles. The summed E-state index contributed by atoms with van der Waals surface area (Å²) in [6.07, 6.45) is 2.13. The summed E-state index contributed by atoms with van der Waals surface area (Å²) in [5.41, 5.74) is 0.131. The van der Waals surface area contributed by atoms with Crippen LogP contribution in [0.3, 0.4) is 0 Å². The number of hydrogen-bond donors (Lipinski definition) is 1. The van der Waals surface area contributed by atoms with Crippen molar-refractivity contribution in [1.29, 1.82) is 0 Å². The zero-order valence-electron chi connectivity index (χ0n) is 10.9. The predicted molar refractivity (Wildman–Crippen MR) is 69.7 cm³/mol. The first-order valence-corrected chi connectivity index (χ1v) is 6.19. The summed E-state index contributed by atoms with van der Waals surface area (Å²) in [5, 5.41) is 10.4. The maximum Gasteiger partial charge on any atom is 0.129 e. The first-order valence-electron chi connectivity index (χ1n) is 6.19. The fourth-order valence-corrected chi connectivity index (χ4v) is 2.15. The van der Waals surface area contributed by atoms with Gasteiger partial charge in [-0.1, -0.05) is 37.3 Å². The molecule has 1 N–H and O–H groups in total. The molecule has 2 atom stereocenters. The number of carbonyl (C=O) groups is 1. The molecule has 0 aliphatic carbocycles. The van der Waals surface area contributed by atoms with Crippen molar-refractivity contribution < 1.29 is 9.90 Å². The van der Waals surface area contributed by atoms with Crippen LogP contribution in [0.4, 0.5) is 0 Å². The van der Waals surface area contributed by atoms with Gasteiger partial charge < -0.3 is 9.90 Å². The molecule has 0 saturated carbocycles. The minimum absolute atomic E-state index is 0.219. The molecule has 0 radical (unpaired) electrons. The van der Waals surface area contributed by atoms with Gasteiger partial charge in [-0.3, -0.25) is 0 Å². The molecule has 2 nitrogen and oxygen atoms in total. The maximum absolute atomic E-state index is 10.9. The average Bonchev–Trinajstić information content (AvgIpc) is 2.27. The molecule has 0 aromatic heterocycles. The second kappa shape index (κ2) is 5.97. The fourth-order valence-electron chi connectivity index (χ4n) is 2.15. The predicted octanol–water partition coefficient (Wildman–Crippen LogP) is 3.29. The van der Waals surface area contributed by atoms with E-state index in [4.69, 9.17) is 0 Å². The fraction of sp³-hybridized carbons (Fsp3) is 0.533. The zero-order valence-corrected chi connectivity index (χ0v) is 10.9. The Morgan fingerprint density at radius 2 is 1.94 bits per heavy atom. The Kier molecular flexibility index (Phi) is 4.88. The van der Waals surface area contributed by atoms with E-state index in [0.717, 1.165) is 12.0 Å². The zero-order chi connectivity index (χ0) is 12.9. The summed E-state index contributed by atoms with van der Waals surface area (Å²) in [7, 11) is 0. The van der Waals surface area contributed by atoms with Crippen molar-refractivity contribution >= 4 is 5.78 Å². The van der Waals surface area contributed by atoms with Crippen molar-refractivity contribution in [1.82, 2.24) is 0 Å². The largest absolute Gasteiger partial charge is 0.385 e. The molecule has 1 aromatic carbocycles. The minimum Gasteiger partial charge on any atom is -0.385 e. The van der Waals surface area contributed by atoms with E-state index in [2.05, 4.69) is 6.92 Å². The summed E-state index contributed by atoms with van der Waals surface area (Å²) in [6, 6.07) is 9.70. The molecule has 1 aromatic rings. The van der Waals surface area contributed by atoms with Gasteiger partial charge >= 0.3 is 0 Å². The Morgan fingerprint density at radius 1 is 1.35 bits per heavy atom. The van der Waals surface area contributed by atoms with E-state index in [9.17, 15) is 9.90 Å². The van der Waals surface area contributed by atoms with Gasteiger partial charge in [0.25, 0.3) is 0 Å². The second-order valence-corrected chi connectivity index (χ2v) is 5.19. The Bertz CT molecular complexity index is 354. The molecule has 0 bridgehead atoms. The Morgan fingerprint density at radius 3 is 2.47 bits per heavy atom. The van der Waals surface area contributed by atoms with Gasteiger partial charge in [-0.25, -0.2) is 0 Å².